The van der Waals surface area contributed by atoms with Gasteiger partial charge in [-0.15, -0.1) is 11.3 Å². The van der Waals surface area contributed by atoms with E-state index in [1.165, 1.54) is 11.3 Å². The van der Waals surface area contributed by atoms with Crippen LogP contribution in [0.5, 0.6) is 0 Å². The van der Waals surface area contributed by atoms with E-state index in [4.69, 9.17) is 0 Å². The number of carbonyl (C=O) groups excluding carboxylic acids is 1. The van der Waals surface area contributed by atoms with Crippen molar-refractivity contribution < 1.29 is 4.79 Å². The highest BCUT2D eigenvalue weighted by molar-refractivity contribution is 9.12. The Morgan fingerprint density at radius 2 is 1.74 bits per heavy atom. The molecule has 0 spiro atoms. The van der Waals surface area contributed by atoms with Gasteiger partial charge in [-0.05, 0) is 48.9 Å². The quantitative estimate of drug-likeness (QED) is 0.581. The SMILES string of the molecule is CC(C)(C)c1ccccc1C(=O)c1cc(Br)sc1Br. The molecule has 1 aromatic heterocycles. The van der Waals surface area contributed by atoms with Gasteiger partial charge in [-0.25, -0.2) is 0 Å². The second-order valence-electron chi connectivity index (χ2n) is 5.36. The molecular formula is C15H14Br2OS. The van der Waals surface area contributed by atoms with Gasteiger partial charge in [0.1, 0.15) is 0 Å². The Hall–Kier alpha value is -0.450. The summed E-state index contributed by atoms with van der Waals surface area (Å²) in [6.07, 6.45) is 0. The fourth-order valence-corrected chi connectivity index (χ4v) is 4.77. The molecule has 0 radical (unpaired) electrons. The second kappa shape index (κ2) is 5.51. The third-order valence-corrected chi connectivity index (χ3v) is 5.22. The van der Waals surface area contributed by atoms with Gasteiger partial charge in [-0.1, -0.05) is 45.0 Å². The summed E-state index contributed by atoms with van der Waals surface area (Å²) in [6.45, 7) is 6.37. The summed E-state index contributed by atoms with van der Waals surface area (Å²) in [5.41, 5.74) is 2.52. The average Bonchev–Trinajstić information content (AvgIpc) is 2.66. The molecule has 1 heterocycles. The Bertz CT molecular complexity index is 623. The van der Waals surface area contributed by atoms with Crippen LogP contribution in [0.2, 0.25) is 0 Å². The van der Waals surface area contributed by atoms with Crippen molar-refractivity contribution in [2.75, 3.05) is 0 Å². The Balaban J connectivity index is 2.54. The summed E-state index contributed by atoms with van der Waals surface area (Å²) in [5, 5.41) is 0. The van der Waals surface area contributed by atoms with Crippen molar-refractivity contribution in [2.45, 2.75) is 26.2 Å². The lowest BCUT2D eigenvalue weighted by molar-refractivity contribution is 0.103. The molecular weight excluding hydrogens is 388 g/mol. The molecule has 0 amide bonds. The van der Waals surface area contributed by atoms with Crippen LogP contribution < -0.4 is 0 Å². The molecule has 0 N–H and O–H groups in total. The van der Waals surface area contributed by atoms with Crippen LogP contribution in [0.1, 0.15) is 42.3 Å². The van der Waals surface area contributed by atoms with E-state index in [2.05, 4.69) is 52.6 Å². The molecule has 1 nitrogen and oxygen atoms in total. The number of hydrogen-bond acceptors (Lipinski definition) is 2. The molecule has 2 rings (SSSR count). The molecule has 0 fully saturated rings. The van der Waals surface area contributed by atoms with Gasteiger partial charge in [0, 0.05) is 11.1 Å². The number of halogens is 2. The first-order valence-electron chi connectivity index (χ1n) is 5.90. The van der Waals surface area contributed by atoms with Gasteiger partial charge in [-0.2, -0.15) is 0 Å². The van der Waals surface area contributed by atoms with Gasteiger partial charge in [0.15, 0.2) is 5.78 Å². The standard InChI is InChI=1S/C15H14Br2OS/c1-15(2,3)11-7-5-4-6-9(11)13(18)10-8-12(16)19-14(10)17/h4-8H,1-3H3. The first-order valence-corrected chi connectivity index (χ1v) is 8.30. The van der Waals surface area contributed by atoms with Gasteiger partial charge >= 0.3 is 0 Å². The van der Waals surface area contributed by atoms with Gasteiger partial charge in [-0.3, -0.25) is 4.79 Å². The molecule has 0 saturated heterocycles. The zero-order valence-electron chi connectivity index (χ0n) is 11.0. The molecule has 2 aromatic rings. The van der Waals surface area contributed by atoms with E-state index in [0.717, 1.165) is 18.7 Å². The van der Waals surface area contributed by atoms with E-state index in [1.807, 2.05) is 30.3 Å². The molecule has 0 aliphatic heterocycles. The van der Waals surface area contributed by atoms with Crippen LogP contribution in [-0.2, 0) is 5.41 Å². The largest absolute Gasteiger partial charge is 0.289 e. The number of thiophene rings is 1. The minimum atomic E-state index is -0.0496. The molecule has 0 saturated carbocycles. The lowest BCUT2D eigenvalue weighted by atomic mass is 9.82. The first-order chi connectivity index (χ1) is 8.80. The van der Waals surface area contributed by atoms with Gasteiger partial charge in [0.2, 0.25) is 0 Å². The molecule has 19 heavy (non-hydrogen) atoms. The predicted octanol–water partition coefficient (Wildman–Crippen LogP) is 5.80. The molecule has 0 bridgehead atoms. The van der Waals surface area contributed by atoms with E-state index in [0.29, 0.717) is 5.56 Å². The van der Waals surface area contributed by atoms with Crippen LogP contribution in [0.3, 0.4) is 0 Å². The average molecular weight is 402 g/mol. The summed E-state index contributed by atoms with van der Waals surface area (Å²) in [4.78, 5) is 12.7. The predicted molar refractivity (Wildman–Crippen MR) is 88.3 cm³/mol. The third kappa shape index (κ3) is 3.18. The zero-order valence-corrected chi connectivity index (χ0v) is 14.9. The third-order valence-electron chi connectivity index (χ3n) is 2.88. The van der Waals surface area contributed by atoms with E-state index in [9.17, 15) is 4.79 Å². The van der Waals surface area contributed by atoms with E-state index in [1.54, 1.807) is 0 Å². The molecule has 1 aromatic carbocycles. The maximum atomic E-state index is 12.7. The lowest BCUT2D eigenvalue weighted by Crippen LogP contribution is -2.17. The monoisotopic (exact) mass is 400 g/mol. The maximum absolute atomic E-state index is 12.7. The van der Waals surface area contributed by atoms with Crippen molar-refractivity contribution in [1.82, 2.24) is 0 Å². The summed E-state index contributed by atoms with van der Waals surface area (Å²) in [6, 6.07) is 9.70. The Labute approximate surface area is 134 Å². The summed E-state index contributed by atoms with van der Waals surface area (Å²) in [5.74, 6) is 0.0688. The van der Waals surface area contributed by atoms with E-state index >= 15 is 0 Å². The number of rotatable bonds is 2. The highest BCUT2D eigenvalue weighted by Crippen LogP contribution is 2.35. The molecule has 100 valence electrons. The minimum Gasteiger partial charge on any atom is -0.289 e. The molecule has 0 unspecified atom stereocenters. The van der Waals surface area contributed by atoms with E-state index in [-0.39, 0.29) is 11.2 Å². The van der Waals surface area contributed by atoms with Crippen LogP contribution >= 0.6 is 43.2 Å². The van der Waals surface area contributed by atoms with Gasteiger partial charge < -0.3 is 0 Å². The number of ketones is 1. The maximum Gasteiger partial charge on any atom is 0.195 e. The van der Waals surface area contributed by atoms with Crippen LogP contribution in [-0.4, -0.2) is 5.78 Å². The highest BCUT2D eigenvalue weighted by atomic mass is 79.9. The zero-order chi connectivity index (χ0) is 14.2. The second-order valence-corrected chi connectivity index (χ2v) is 9.11. The summed E-state index contributed by atoms with van der Waals surface area (Å²) in [7, 11) is 0. The Morgan fingerprint density at radius 3 is 2.26 bits per heavy atom. The van der Waals surface area contributed by atoms with Crippen molar-refractivity contribution in [1.29, 1.82) is 0 Å². The minimum absolute atomic E-state index is 0.0496. The Kier molecular flexibility index (Phi) is 4.33. The first kappa shape index (κ1) is 14.9. The van der Waals surface area contributed by atoms with Gasteiger partial charge in [0.05, 0.1) is 7.57 Å². The summed E-state index contributed by atoms with van der Waals surface area (Å²) < 4.78 is 1.82. The van der Waals surface area contributed by atoms with Crippen LogP contribution in [0.25, 0.3) is 0 Å². The molecule has 0 aliphatic rings. The van der Waals surface area contributed by atoms with Crippen LogP contribution in [0.15, 0.2) is 37.9 Å². The fourth-order valence-electron chi connectivity index (χ4n) is 1.98. The number of benzene rings is 1. The van der Waals surface area contributed by atoms with Crippen molar-refractivity contribution in [3.05, 3.63) is 54.6 Å². The van der Waals surface area contributed by atoms with Gasteiger partial charge in [0.25, 0.3) is 0 Å². The fraction of sp³-hybridized carbons (Fsp3) is 0.267. The molecule has 0 atom stereocenters. The summed E-state index contributed by atoms with van der Waals surface area (Å²) >= 11 is 8.39. The van der Waals surface area contributed by atoms with Crippen molar-refractivity contribution >= 4 is 49.0 Å². The van der Waals surface area contributed by atoms with Crippen molar-refractivity contribution in [3.8, 4) is 0 Å². The smallest absolute Gasteiger partial charge is 0.195 e. The van der Waals surface area contributed by atoms with Crippen LogP contribution in [0.4, 0.5) is 0 Å². The van der Waals surface area contributed by atoms with E-state index < -0.39 is 0 Å². The Morgan fingerprint density at radius 1 is 1.11 bits per heavy atom. The van der Waals surface area contributed by atoms with Crippen molar-refractivity contribution in [3.63, 3.8) is 0 Å². The number of hydrogen-bond donors (Lipinski definition) is 0. The van der Waals surface area contributed by atoms with Crippen LogP contribution in [0, 0.1) is 0 Å². The van der Waals surface area contributed by atoms with Crippen molar-refractivity contribution in [2.24, 2.45) is 0 Å². The number of carbonyl (C=O) groups is 1. The molecule has 4 heteroatoms. The molecule has 0 aliphatic carbocycles. The lowest BCUT2D eigenvalue weighted by Gasteiger charge is -2.22. The normalized spacial score (nSPS) is 11.6. The highest BCUT2D eigenvalue weighted by Gasteiger charge is 2.23. The topological polar surface area (TPSA) is 17.1 Å².